The zero-order chi connectivity index (χ0) is 17.9. The number of benzene rings is 2. The molecule has 1 aliphatic heterocycles. The Labute approximate surface area is 151 Å². The van der Waals surface area contributed by atoms with E-state index >= 15 is 0 Å². The molecule has 0 radical (unpaired) electrons. The molecule has 1 aromatic heterocycles. The normalized spacial score (nSPS) is 15.7. The van der Waals surface area contributed by atoms with Crippen LogP contribution in [0, 0.1) is 11.6 Å². The molecule has 0 atom stereocenters. The maximum absolute atomic E-state index is 14.3. The van der Waals surface area contributed by atoms with Gasteiger partial charge in [-0.25, -0.2) is 18.7 Å². The minimum atomic E-state index is -0.640. The Balaban J connectivity index is 1.85. The van der Waals surface area contributed by atoms with E-state index in [1.807, 2.05) is 24.3 Å². The Kier molecular flexibility index (Phi) is 4.78. The summed E-state index contributed by atoms with van der Waals surface area (Å²) in [4.78, 5) is 11.5. The van der Waals surface area contributed by atoms with Gasteiger partial charge in [-0.05, 0) is 37.1 Å². The molecular formula is C21H21F2N3. The predicted octanol–water partition coefficient (Wildman–Crippen LogP) is 5.35. The van der Waals surface area contributed by atoms with E-state index in [4.69, 9.17) is 4.98 Å². The summed E-state index contributed by atoms with van der Waals surface area (Å²) in [5, 5.41) is 0.972. The highest BCUT2D eigenvalue weighted by Gasteiger charge is 2.18. The summed E-state index contributed by atoms with van der Waals surface area (Å²) in [6.07, 6.45) is 5.97. The van der Waals surface area contributed by atoms with Crippen LogP contribution in [0.25, 0.3) is 22.3 Å². The van der Waals surface area contributed by atoms with Crippen molar-refractivity contribution >= 4 is 16.7 Å². The standard InChI is InChI=1S/C21H21F2N3/c22-15-10-11-16(18(23)14-15)20-24-19-9-5-4-8-17(19)21(25-20)26-12-6-2-1-3-7-13-26/h4-5,8-11,14H,1-3,6-7,12-13H2. The Hall–Kier alpha value is -2.56. The number of para-hydroxylation sites is 1. The maximum atomic E-state index is 14.3. The van der Waals surface area contributed by atoms with E-state index in [0.717, 1.165) is 48.7 Å². The molecule has 4 rings (SSSR count). The van der Waals surface area contributed by atoms with Crippen LogP contribution >= 0.6 is 0 Å². The molecule has 1 fully saturated rings. The minimum Gasteiger partial charge on any atom is -0.356 e. The first-order chi connectivity index (χ1) is 12.7. The van der Waals surface area contributed by atoms with Crippen molar-refractivity contribution in [3.63, 3.8) is 0 Å². The van der Waals surface area contributed by atoms with Gasteiger partial charge in [-0.1, -0.05) is 31.4 Å². The molecule has 0 saturated carbocycles. The fraction of sp³-hybridized carbons (Fsp3) is 0.333. The number of hydrogen-bond acceptors (Lipinski definition) is 3. The number of rotatable bonds is 2. The Morgan fingerprint density at radius 3 is 2.31 bits per heavy atom. The molecule has 2 aromatic carbocycles. The lowest BCUT2D eigenvalue weighted by Crippen LogP contribution is -2.28. The molecule has 2 heterocycles. The molecule has 0 unspecified atom stereocenters. The topological polar surface area (TPSA) is 29.0 Å². The van der Waals surface area contributed by atoms with Gasteiger partial charge < -0.3 is 4.90 Å². The SMILES string of the molecule is Fc1ccc(-c2nc(N3CCCCCCC3)c3ccccc3n2)c(F)c1. The van der Waals surface area contributed by atoms with Crippen LogP contribution in [0.3, 0.4) is 0 Å². The number of anilines is 1. The lowest BCUT2D eigenvalue weighted by Gasteiger charge is -2.27. The zero-order valence-corrected chi connectivity index (χ0v) is 14.6. The second-order valence-corrected chi connectivity index (χ2v) is 6.77. The Bertz CT molecular complexity index is 918. The largest absolute Gasteiger partial charge is 0.356 e. The molecule has 0 N–H and O–H groups in total. The van der Waals surface area contributed by atoms with Crippen molar-refractivity contribution in [2.24, 2.45) is 0 Å². The van der Waals surface area contributed by atoms with Crippen molar-refractivity contribution in [2.75, 3.05) is 18.0 Å². The molecule has 0 amide bonds. The van der Waals surface area contributed by atoms with E-state index in [2.05, 4.69) is 9.88 Å². The lowest BCUT2D eigenvalue weighted by atomic mass is 10.1. The van der Waals surface area contributed by atoms with Crippen LogP contribution in [0.15, 0.2) is 42.5 Å². The van der Waals surface area contributed by atoms with Crippen LogP contribution in [-0.4, -0.2) is 23.1 Å². The third kappa shape index (κ3) is 3.39. The van der Waals surface area contributed by atoms with Crippen molar-refractivity contribution in [3.8, 4) is 11.4 Å². The van der Waals surface area contributed by atoms with Crippen molar-refractivity contribution in [1.82, 2.24) is 9.97 Å². The molecule has 134 valence electrons. The van der Waals surface area contributed by atoms with Gasteiger partial charge in [0.1, 0.15) is 17.5 Å². The van der Waals surface area contributed by atoms with E-state index in [1.165, 1.54) is 31.4 Å². The summed E-state index contributed by atoms with van der Waals surface area (Å²) in [6, 6.07) is 11.3. The van der Waals surface area contributed by atoms with Gasteiger partial charge in [0, 0.05) is 24.5 Å². The molecule has 26 heavy (non-hydrogen) atoms. The molecule has 3 aromatic rings. The van der Waals surface area contributed by atoms with E-state index in [9.17, 15) is 8.78 Å². The highest BCUT2D eigenvalue weighted by atomic mass is 19.1. The third-order valence-corrected chi connectivity index (χ3v) is 4.91. The number of fused-ring (bicyclic) bond motifs is 1. The van der Waals surface area contributed by atoms with Gasteiger partial charge in [-0.15, -0.1) is 0 Å². The number of hydrogen-bond donors (Lipinski definition) is 0. The van der Waals surface area contributed by atoms with Gasteiger partial charge >= 0.3 is 0 Å². The molecule has 1 aliphatic rings. The molecular weight excluding hydrogens is 332 g/mol. The van der Waals surface area contributed by atoms with Crippen LogP contribution < -0.4 is 4.90 Å². The van der Waals surface area contributed by atoms with Crippen LogP contribution in [0.2, 0.25) is 0 Å². The van der Waals surface area contributed by atoms with E-state index in [1.54, 1.807) is 0 Å². The molecule has 3 nitrogen and oxygen atoms in total. The highest BCUT2D eigenvalue weighted by molar-refractivity contribution is 5.91. The molecule has 0 spiro atoms. The first-order valence-corrected chi connectivity index (χ1v) is 9.19. The summed E-state index contributed by atoms with van der Waals surface area (Å²) in [5.41, 5.74) is 1.00. The van der Waals surface area contributed by atoms with Gasteiger partial charge in [0.15, 0.2) is 5.82 Å². The molecule has 5 heteroatoms. The summed E-state index contributed by atoms with van der Waals surface area (Å²) >= 11 is 0. The summed E-state index contributed by atoms with van der Waals surface area (Å²) < 4.78 is 27.6. The highest BCUT2D eigenvalue weighted by Crippen LogP contribution is 2.30. The Morgan fingerprint density at radius 1 is 0.808 bits per heavy atom. The molecule has 1 saturated heterocycles. The Morgan fingerprint density at radius 2 is 1.54 bits per heavy atom. The van der Waals surface area contributed by atoms with Gasteiger partial charge in [-0.3, -0.25) is 0 Å². The van der Waals surface area contributed by atoms with Gasteiger partial charge in [-0.2, -0.15) is 0 Å². The van der Waals surface area contributed by atoms with Gasteiger partial charge in [0.2, 0.25) is 0 Å². The van der Waals surface area contributed by atoms with Gasteiger partial charge in [0.05, 0.1) is 11.1 Å². The molecule has 0 bridgehead atoms. The van der Waals surface area contributed by atoms with Crippen molar-refractivity contribution in [3.05, 3.63) is 54.1 Å². The monoisotopic (exact) mass is 353 g/mol. The summed E-state index contributed by atoms with van der Waals surface area (Å²) in [5.74, 6) is -0.0931. The lowest BCUT2D eigenvalue weighted by molar-refractivity contribution is 0.554. The van der Waals surface area contributed by atoms with Crippen molar-refractivity contribution in [1.29, 1.82) is 0 Å². The number of halogens is 2. The fourth-order valence-corrected chi connectivity index (χ4v) is 3.55. The summed E-state index contributed by atoms with van der Waals surface area (Å²) in [7, 11) is 0. The van der Waals surface area contributed by atoms with Crippen LogP contribution in [0.4, 0.5) is 14.6 Å². The second-order valence-electron chi connectivity index (χ2n) is 6.77. The second kappa shape index (κ2) is 7.36. The number of aromatic nitrogens is 2. The van der Waals surface area contributed by atoms with Crippen LogP contribution in [0.1, 0.15) is 32.1 Å². The van der Waals surface area contributed by atoms with Crippen molar-refractivity contribution in [2.45, 2.75) is 32.1 Å². The van der Waals surface area contributed by atoms with Crippen LogP contribution in [0.5, 0.6) is 0 Å². The average Bonchev–Trinajstić information content (AvgIpc) is 2.61. The fourth-order valence-electron chi connectivity index (χ4n) is 3.55. The smallest absolute Gasteiger partial charge is 0.165 e. The first kappa shape index (κ1) is 16.9. The van der Waals surface area contributed by atoms with E-state index in [-0.39, 0.29) is 5.56 Å². The third-order valence-electron chi connectivity index (χ3n) is 4.91. The zero-order valence-electron chi connectivity index (χ0n) is 14.6. The molecule has 0 aliphatic carbocycles. The maximum Gasteiger partial charge on any atom is 0.165 e. The first-order valence-electron chi connectivity index (χ1n) is 9.19. The van der Waals surface area contributed by atoms with Crippen LogP contribution in [-0.2, 0) is 0 Å². The number of nitrogens with zero attached hydrogens (tertiary/aromatic N) is 3. The van der Waals surface area contributed by atoms with Crippen molar-refractivity contribution < 1.29 is 8.78 Å². The minimum absolute atomic E-state index is 0.227. The average molecular weight is 353 g/mol. The van der Waals surface area contributed by atoms with E-state index in [0.29, 0.717) is 5.82 Å². The predicted molar refractivity (Wildman–Crippen MR) is 100 cm³/mol. The van der Waals surface area contributed by atoms with Gasteiger partial charge in [0.25, 0.3) is 0 Å². The quantitative estimate of drug-likeness (QED) is 0.622. The van der Waals surface area contributed by atoms with E-state index < -0.39 is 11.6 Å². The summed E-state index contributed by atoms with van der Waals surface area (Å²) in [6.45, 7) is 1.87.